The van der Waals surface area contributed by atoms with Crippen LogP contribution in [0.1, 0.15) is 11.7 Å². The van der Waals surface area contributed by atoms with Gasteiger partial charge in [-0.2, -0.15) is 0 Å². The number of hydrogen-bond acceptors (Lipinski definition) is 5. The van der Waals surface area contributed by atoms with E-state index in [-0.39, 0.29) is 5.75 Å². The summed E-state index contributed by atoms with van der Waals surface area (Å²) in [5, 5.41) is 4.30. The second-order valence-corrected chi connectivity index (χ2v) is 5.09. The highest BCUT2D eigenvalue weighted by atomic mass is 19.1. The maximum Gasteiger partial charge on any atom is 0.345 e. The number of hydrogen-bond donors (Lipinski definition) is 2. The molecule has 0 radical (unpaired) electrons. The van der Waals surface area contributed by atoms with E-state index in [9.17, 15) is 18.8 Å². The average molecular weight is 360 g/mol. The van der Waals surface area contributed by atoms with Gasteiger partial charge in [-0.3, -0.25) is 10.1 Å². The minimum Gasteiger partial charge on any atom is -0.482 e. The molecule has 0 heterocycles. The van der Waals surface area contributed by atoms with Crippen LogP contribution in [-0.2, 0) is 14.3 Å². The third-order valence-electron chi connectivity index (χ3n) is 3.22. The van der Waals surface area contributed by atoms with E-state index in [0.717, 1.165) is 0 Å². The highest BCUT2D eigenvalue weighted by Crippen LogP contribution is 2.18. The summed E-state index contributed by atoms with van der Waals surface area (Å²) in [6.07, 6.45) is -1.32. The number of amides is 3. The molecule has 0 saturated heterocycles. The van der Waals surface area contributed by atoms with Gasteiger partial charge in [0.2, 0.25) is 6.10 Å². The van der Waals surface area contributed by atoms with Crippen molar-refractivity contribution in [3.63, 3.8) is 0 Å². The zero-order valence-corrected chi connectivity index (χ0v) is 13.9. The Bertz CT molecular complexity index is 765. The quantitative estimate of drug-likeness (QED) is 0.768. The maximum absolute atomic E-state index is 12.8. The first kappa shape index (κ1) is 18.9. The topological polar surface area (TPSA) is 93.7 Å². The summed E-state index contributed by atoms with van der Waals surface area (Å²) in [6, 6.07) is 12.6. The van der Waals surface area contributed by atoms with Crippen molar-refractivity contribution in [2.45, 2.75) is 6.10 Å². The number of carbonyl (C=O) groups is 3. The largest absolute Gasteiger partial charge is 0.482 e. The number of rotatable bonds is 6. The summed E-state index contributed by atoms with van der Waals surface area (Å²) in [6.45, 7) is -0.484. The van der Waals surface area contributed by atoms with Crippen LogP contribution >= 0.6 is 0 Å². The Kier molecular flexibility index (Phi) is 6.67. The van der Waals surface area contributed by atoms with Crippen LogP contribution in [0.25, 0.3) is 0 Å². The van der Waals surface area contributed by atoms with E-state index in [1.54, 1.807) is 30.3 Å². The van der Waals surface area contributed by atoms with Crippen LogP contribution in [0.5, 0.6) is 5.75 Å². The maximum atomic E-state index is 12.8. The normalized spacial score (nSPS) is 11.2. The Morgan fingerprint density at radius 1 is 1.04 bits per heavy atom. The zero-order valence-electron chi connectivity index (χ0n) is 13.9. The Hall–Kier alpha value is -3.42. The molecule has 7 nitrogen and oxygen atoms in total. The smallest absolute Gasteiger partial charge is 0.345 e. The highest BCUT2D eigenvalue weighted by molar-refractivity contribution is 5.97. The number of benzene rings is 2. The van der Waals surface area contributed by atoms with Crippen molar-refractivity contribution in [3.05, 3.63) is 66.0 Å². The molecule has 0 bridgehead atoms. The highest BCUT2D eigenvalue weighted by Gasteiger charge is 2.26. The minimum atomic E-state index is -1.32. The monoisotopic (exact) mass is 360 g/mol. The van der Waals surface area contributed by atoms with E-state index in [0.29, 0.717) is 5.56 Å². The molecule has 2 aromatic carbocycles. The molecule has 0 spiro atoms. The summed E-state index contributed by atoms with van der Waals surface area (Å²) < 4.78 is 23.2. The summed E-state index contributed by atoms with van der Waals surface area (Å²) in [7, 11) is 1.35. The van der Waals surface area contributed by atoms with Crippen molar-refractivity contribution in [3.8, 4) is 5.75 Å². The molecular weight excluding hydrogens is 343 g/mol. The van der Waals surface area contributed by atoms with Crippen LogP contribution in [-0.4, -0.2) is 31.6 Å². The van der Waals surface area contributed by atoms with Gasteiger partial charge in [-0.1, -0.05) is 30.3 Å². The van der Waals surface area contributed by atoms with Gasteiger partial charge in [-0.15, -0.1) is 0 Å². The van der Waals surface area contributed by atoms with Crippen molar-refractivity contribution >= 4 is 17.9 Å². The van der Waals surface area contributed by atoms with Gasteiger partial charge in [0.05, 0.1) is 0 Å². The fourth-order valence-electron chi connectivity index (χ4n) is 1.98. The van der Waals surface area contributed by atoms with Gasteiger partial charge < -0.3 is 14.8 Å². The second kappa shape index (κ2) is 9.16. The third kappa shape index (κ3) is 5.59. The Labute approximate surface area is 149 Å². The van der Waals surface area contributed by atoms with Gasteiger partial charge in [-0.05, 0) is 24.3 Å². The standard InChI is InChI=1S/C18H17FN2O5/c1-20-18(24)21-17(23)16(12-5-3-2-4-6-12)26-15(22)11-25-14-9-7-13(19)8-10-14/h2-10,16H,11H2,1H3,(H2,20,21,23,24)/t16-/m0/s1. The van der Waals surface area contributed by atoms with Crippen LogP contribution < -0.4 is 15.4 Å². The van der Waals surface area contributed by atoms with Gasteiger partial charge in [0.25, 0.3) is 5.91 Å². The first-order valence-electron chi connectivity index (χ1n) is 7.65. The fourth-order valence-corrected chi connectivity index (χ4v) is 1.98. The lowest BCUT2D eigenvalue weighted by Crippen LogP contribution is -2.41. The van der Waals surface area contributed by atoms with E-state index in [1.807, 2.05) is 0 Å². The van der Waals surface area contributed by atoms with Crippen molar-refractivity contribution in [1.82, 2.24) is 10.6 Å². The first-order valence-corrected chi connectivity index (χ1v) is 7.65. The molecular formula is C18H17FN2O5. The van der Waals surface area contributed by atoms with Crippen LogP contribution in [0.3, 0.4) is 0 Å². The fraction of sp³-hybridized carbons (Fsp3) is 0.167. The van der Waals surface area contributed by atoms with Gasteiger partial charge in [0.1, 0.15) is 11.6 Å². The molecule has 0 saturated carbocycles. The number of esters is 1. The van der Waals surface area contributed by atoms with Crippen LogP contribution in [0, 0.1) is 5.82 Å². The molecule has 26 heavy (non-hydrogen) atoms. The first-order chi connectivity index (χ1) is 12.5. The van der Waals surface area contributed by atoms with Gasteiger partial charge in [0, 0.05) is 12.6 Å². The van der Waals surface area contributed by atoms with E-state index in [1.165, 1.54) is 31.3 Å². The van der Waals surface area contributed by atoms with Crippen LogP contribution in [0.15, 0.2) is 54.6 Å². The number of carbonyl (C=O) groups excluding carboxylic acids is 3. The second-order valence-electron chi connectivity index (χ2n) is 5.09. The molecule has 0 aliphatic heterocycles. The van der Waals surface area contributed by atoms with E-state index >= 15 is 0 Å². The predicted octanol–water partition coefficient (Wildman–Crippen LogP) is 1.94. The Balaban J connectivity index is 2.03. The predicted molar refractivity (Wildman–Crippen MR) is 89.8 cm³/mol. The van der Waals surface area contributed by atoms with Gasteiger partial charge in [-0.25, -0.2) is 14.0 Å². The lowest BCUT2D eigenvalue weighted by atomic mass is 10.1. The van der Waals surface area contributed by atoms with Crippen molar-refractivity contribution in [1.29, 1.82) is 0 Å². The molecule has 0 aliphatic rings. The lowest BCUT2D eigenvalue weighted by molar-refractivity contribution is -0.158. The third-order valence-corrected chi connectivity index (χ3v) is 3.22. The SMILES string of the molecule is CNC(=O)NC(=O)[C@@H](OC(=O)COc1ccc(F)cc1)c1ccccc1. The molecule has 2 rings (SSSR count). The molecule has 2 N–H and O–H groups in total. The van der Waals surface area contributed by atoms with Crippen LogP contribution in [0.2, 0.25) is 0 Å². The van der Waals surface area contributed by atoms with Crippen molar-refractivity contribution in [2.24, 2.45) is 0 Å². The molecule has 1 atom stereocenters. The van der Waals surface area contributed by atoms with Gasteiger partial charge in [0.15, 0.2) is 6.61 Å². The van der Waals surface area contributed by atoms with Crippen LogP contribution in [0.4, 0.5) is 9.18 Å². The number of halogens is 1. The molecule has 0 fully saturated rings. The number of ether oxygens (including phenoxy) is 2. The Morgan fingerprint density at radius 3 is 2.31 bits per heavy atom. The lowest BCUT2D eigenvalue weighted by Gasteiger charge is -2.17. The number of nitrogens with one attached hydrogen (secondary N) is 2. The number of urea groups is 1. The molecule has 0 aliphatic carbocycles. The summed E-state index contributed by atoms with van der Waals surface area (Å²) in [4.78, 5) is 35.6. The molecule has 0 unspecified atom stereocenters. The molecule has 8 heteroatoms. The average Bonchev–Trinajstić information content (AvgIpc) is 2.66. The Morgan fingerprint density at radius 2 is 1.69 bits per heavy atom. The van der Waals surface area contributed by atoms with E-state index in [2.05, 4.69) is 10.6 Å². The molecule has 3 amide bonds. The molecule has 2 aromatic rings. The van der Waals surface area contributed by atoms with E-state index < -0.39 is 36.4 Å². The number of imide groups is 1. The summed E-state index contributed by atoms with van der Waals surface area (Å²) in [5.41, 5.74) is 0.393. The summed E-state index contributed by atoms with van der Waals surface area (Å²) in [5.74, 6) is -1.79. The zero-order chi connectivity index (χ0) is 18.9. The molecule has 0 aromatic heterocycles. The van der Waals surface area contributed by atoms with Crippen molar-refractivity contribution in [2.75, 3.05) is 13.7 Å². The van der Waals surface area contributed by atoms with Crippen molar-refractivity contribution < 1.29 is 28.2 Å². The van der Waals surface area contributed by atoms with E-state index in [4.69, 9.17) is 9.47 Å². The molecule has 136 valence electrons. The minimum absolute atomic E-state index is 0.273. The summed E-state index contributed by atoms with van der Waals surface area (Å²) >= 11 is 0. The van der Waals surface area contributed by atoms with Gasteiger partial charge >= 0.3 is 12.0 Å².